The molecule has 0 bridgehead atoms. The van der Waals surface area contributed by atoms with Gasteiger partial charge in [0.25, 0.3) is 0 Å². The fourth-order valence-electron chi connectivity index (χ4n) is 2.79. The van der Waals surface area contributed by atoms with Gasteiger partial charge in [-0.05, 0) is 24.5 Å². The highest BCUT2D eigenvalue weighted by molar-refractivity contribution is 5.84. The molecule has 1 saturated heterocycles. The maximum atomic E-state index is 12.1. The molecule has 22 heavy (non-hydrogen) atoms. The van der Waals surface area contributed by atoms with Crippen LogP contribution in [0.15, 0.2) is 35.1 Å². The number of carbonyl (C=O) groups is 1. The molecule has 0 spiro atoms. The van der Waals surface area contributed by atoms with Crippen LogP contribution in [0, 0.1) is 0 Å². The van der Waals surface area contributed by atoms with Crippen LogP contribution < -0.4 is 16.6 Å². The number of hydrogen-bond acceptors (Lipinski definition) is 4. The molecule has 6 heteroatoms. The smallest absolute Gasteiger partial charge is 0.249 e. The molecule has 116 valence electrons. The van der Waals surface area contributed by atoms with E-state index in [1.165, 1.54) is 6.07 Å². The summed E-state index contributed by atoms with van der Waals surface area (Å²) in [5.74, 6) is -0.152. The SMILES string of the molecule is NC[C@H]1CC[C@@H](C(=O)NCc2cc(=O)[nH]c3ccccc23)O1. The molecule has 1 aliphatic heterocycles. The zero-order valence-corrected chi connectivity index (χ0v) is 12.2. The van der Waals surface area contributed by atoms with Crippen LogP contribution in [0.1, 0.15) is 18.4 Å². The Morgan fingerprint density at radius 1 is 1.36 bits per heavy atom. The third-order valence-electron chi connectivity index (χ3n) is 3.95. The fraction of sp³-hybridized carbons (Fsp3) is 0.375. The quantitative estimate of drug-likeness (QED) is 0.772. The molecule has 0 aliphatic carbocycles. The predicted molar refractivity (Wildman–Crippen MR) is 83.4 cm³/mol. The standard InChI is InChI=1S/C16H19N3O3/c17-8-11-5-6-14(22-11)16(21)18-9-10-7-15(20)19-13-4-2-1-3-12(10)13/h1-4,7,11,14H,5-6,8-9,17H2,(H,18,21)(H,19,20)/t11-,14+/m1/s1. The molecule has 2 heterocycles. The Bertz CT molecular complexity index is 741. The lowest BCUT2D eigenvalue weighted by atomic mass is 10.1. The number of aromatic amines is 1. The molecule has 3 rings (SSSR count). The lowest BCUT2D eigenvalue weighted by Gasteiger charge is -2.13. The number of carbonyl (C=O) groups excluding carboxylic acids is 1. The maximum absolute atomic E-state index is 12.1. The number of ether oxygens (including phenoxy) is 1. The Kier molecular flexibility index (Phi) is 4.22. The molecule has 1 fully saturated rings. The number of aromatic nitrogens is 1. The average molecular weight is 301 g/mol. The Morgan fingerprint density at radius 2 is 2.18 bits per heavy atom. The van der Waals surface area contributed by atoms with Crippen molar-refractivity contribution in [3.05, 3.63) is 46.2 Å². The molecule has 1 aromatic heterocycles. The molecule has 2 atom stereocenters. The number of benzene rings is 1. The molecule has 0 radical (unpaired) electrons. The molecular formula is C16H19N3O3. The number of H-pyrrole nitrogens is 1. The second-order valence-corrected chi connectivity index (χ2v) is 5.48. The molecule has 2 aromatic rings. The van der Waals surface area contributed by atoms with E-state index in [-0.39, 0.29) is 17.6 Å². The topological polar surface area (TPSA) is 97.2 Å². The van der Waals surface area contributed by atoms with Crippen LogP contribution in [-0.2, 0) is 16.1 Å². The molecular weight excluding hydrogens is 282 g/mol. The lowest BCUT2D eigenvalue weighted by Crippen LogP contribution is -2.35. The van der Waals surface area contributed by atoms with Gasteiger partial charge in [0.2, 0.25) is 11.5 Å². The first-order chi connectivity index (χ1) is 10.7. The lowest BCUT2D eigenvalue weighted by molar-refractivity contribution is -0.132. The van der Waals surface area contributed by atoms with Crippen LogP contribution in [0.5, 0.6) is 0 Å². The van der Waals surface area contributed by atoms with E-state index >= 15 is 0 Å². The summed E-state index contributed by atoms with van der Waals surface area (Å²) in [7, 11) is 0. The number of hydrogen-bond donors (Lipinski definition) is 3. The zero-order chi connectivity index (χ0) is 15.5. The van der Waals surface area contributed by atoms with Crippen molar-refractivity contribution in [3.8, 4) is 0 Å². The van der Waals surface area contributed by atoms with E-state index in [2.05, 4.69) is 10.3 Å². The van der Waals surface area contributed by atoms with Crippen LogP contribution >= 0.6 is 0 Å². The minimum Gasteiger partial charge on any atom is -0.364 e. The van der Waals surface area contributed by atoms with E-state index in [4.69, 9.17) is 10.5 Å². The molecule has 0 unspecified atom stereocenters. The summed E-state index contributed by atoms with van der Waals surface area (Å²) >= 11 is 0. The van der Waals surface area contributed by atoms with Crippen molar-refractivity contribution in [2.24, 2.45) is 5.73 Å². The molecule has 0 saturated carbocycles. The highest BCUT2D eigenvalue weighted by atomic mass is 16.5. The van der Waals surface area contributed by atoms with Crippen molar-refractivity contribution >= 4 is 16.8 Å². The fourth-order valence-corrected chi connectivity index (χ4v) is 2.79. The van der Waals surface area contributed by atoms with Crippen molar-refractivity contribution in [3.63, 3.8) is 0 Å². The molecule has 1 amide bonds. The monoisotopic (exact) mass is 301 g/mol. The average Bonchev–Trinajstić information content (AvgIpc) is 3.01. The van der Waals surface area contributed by atoms with Crippen molar-refractivity contribution < 1.29 is 9.53 Å². The summed E-state index contributed by atoms with van der Waals surface area (Å²) in [6.07, 6.45) is 1.02. The summed E-state index contributed by atoms with van der Waals surface area (Å²) in [6, 6.07) is 9.04. The van der Waals surface area contributed by atoms with E-state index in [0.29, 0.717) is 19.5 Å². The zero-order valence-electron chi connectivity index (χ0n) is 12.2. The van der Waals surface area contributed by atoms with Gasteiger partial charge in [0.15, 0.2) is 0 Å². The number of pyridine rings is 1. The van der Waals surface area contributed by atoms with E-state index in [1.54, 1.807) is 0 Å². The Balaban J connectivity index is 1.72. The minimum atomic E-state index is -0.443. The van der Waals surface area contributed by atoms with Crippen molar-refractivity contribution in [1.82, 2.24) is 10.3 Å². The first-order valence-electron chi connectivity index (χ1n) is 7.41. The van der Waals surface area contributed by atoms with Gasteiger partial charge in [-0.1, -0.05) is 18.2 Å². The van der Waals surface area contributed by atoms with Crippen molar-refractivity contribution in [2.75, 3.05) is 6.54 Å². The molecule has 4 N–H and O–H groups in total. The van der Waals surface area contributed by atoms with Gasteiger partial charge in [0.1, 0.15) is 6.10 Å². The predicted octanol–water partition coefficient (Wildman–Crippen LogP) is 0.651. The number of rotatable bonds is 4. The van der Waals surface area contributed by atoms with E-state index in [9.17, 15) is 9.59 Å². The van der Waals surface area contributed by atoms with Gasteiger partial charge in [0.05, 0.1) is 6.10 Å². The van der Waals surface area contributed by atoms with Crippen molar-refractivity contribution in [1.29, 1.82) is 0 Å². The van der Waals surface area contributed by atoms with Crippen LogP contribution in [-0.4, -0.2) is 29.6 Å². The van der Waals surface area contributed by atoms with Crippen LogP contribution in [0.3, 0.4) is 0 Å². The molecule has 6 nitrogen and oxygen atoms in total. The van der Waals surface area contributed by atoms with Gasteiger partial charge in [-0.3, -0.25) is 9.59 Å². The second-order valence-electron chi connectivity index (χ2n) is 5.48. The number of nitrogens with two attached hydrogens (primary N) is 1. The molecule has 1 aliphatic rings. The summed E-state index contributed by atoms with van der Waals surface area (Å²) in [6.45, 7) is 0.735. The van der Waals surface area contributed by atoms with Gasteiger partial charge >= 0.3 is 0 Å². The van der Waals surface area contributed by atoms with Gasteiger partial charge in [0, 0.05) is 30.1 Å². The largest absolute Gasteiger partial charge is 0.364 e. The van der Waals surface area contributed by atoms with Gasteiger partial charge < -0.3 is 20.8 Å². The van der Waals surface area contributed by atoms with Gasteiger partial charge in [-0.15, -0.1) is 0 Å². The summed E-state index contributed by atoms with van der Waals surface area (Å²) in [4.78, 5) is 26.6. The number of para-hydroxylation sites is 1. The van der Waals surface area contributed by atoms with E-state index in [1.807, 2.05) is 24.3 Å². The third-order valence-corrected chi connectivity index (χ3v) is 3.95. The van der Waals surface area contributed by atoms with Crippen LogP contribution in [0.4, 0.5) is 0 Å². The second kappa shape index (κ2) is 6.29. The number of amides is 1. The first kappa shape index (κ1) is 14.7. The number of nitrogens with one attached hydrogen (secondary N) is 2. The number of fused-ring (bicyclic) bond motifs is 1. The van der Waals surface area contributed by atoms with Gasteiger partial charge in [-0.25, -0.2) is 0 Å². The minimum absolute atomic E-state index is 0.0313. The van der Waals surface area contributed by atoms with Crippen LogP contribution in [0.2, 0.25) is 0 Å². The van der Waals surface area contributed by atoms with E-state index < -0.39 is 6.10 Å². The maximum Gasteiger partial charge on any atom is 0.249 e. The Morgan fingerprint density at radius 3 is 2.95 bits per heavy atom. The highest BCUT2D eigenvalue weighted by Crippen LogP contribution is 2.19. The normalized spacial score (nSPS) is 21.1. The highest BCUT2D eigenvalue weighted by Gasteiger charge is 2.29. The Hall–Kier alpha value is -2.18. The molecule has 1 aromatic carbocycles. The summed E-state index contributed by atoms with van der Waals surface area (Å²) in [5.41, 5.74) is 6.92. The third kappa shape index (κ3) is 3.03. The summed E-state index contributed by atoms with van der Waals surface area (Å²) < 4.78 is 5.57. The van der Waals surface area contributed by atoms with E-state index in [0.717, 1.165) is 22.9 Å². The Labute approximate surface area is 127 Å². The van der Waals surface area contributed by atoms with Crippen molar-refractivity contribution in [2.45, 2.75) is 31.6 Å². The van der Waals surface area contributed by atoms with Crippen LogP contribution in [0.25, 0.3) is 10.9 Å². The summed E-state index contributed by atoms with van der Waals surface area (Å²) in [5, 5.41) is 3.77. The first-order valence-corrected chi connectivity index (χ1v) is 7.41. The van der Waals surface area contributed by atoms with Gasteiger partial charge in [-0.2, -0.15) is 0 Å².